The number of rotatable bonds is 3. The third kappa shape index (κ3) is 2.58. The SMILES string of the molecule is CC[C@@]1(O)C(=O)OCc2c1cc1n(c2=O)Cc2c-1nc1cc(F)c(OC(C)C)c3c1c2C=CO3. The number of halogens is 1. The molecule has 8 nitrogen and oxygen atoms in total. The fourth-order valence-electron chi connectivity index (χ4n) is 5.01. The zero-order valence-corrected chi connectivity index (χ0v) is 18.8. The molecule has 0 radical (unpaired) electrons. The molecule has 0 bridgehead atoms. The van der Waals surface area contributed by atoms with Gasteiger partial charge in [-0.15, -0.1) is 0 Å². The standard InChI is InChI=1S/C25H21FN2O6/c1-4-25(31)15-7-18-20-13(9-28(18)23(29)14(15)10-33-24(25)30)12-5-6-32-22-19(12)17(27-20)8-16(26)21(22)34-11(2)3/h5-8,11,31H,4,9-10H2,1-3H3/t25-/m0/s1. The zero-order valence-electron chi connectivity index (χ0n) is 18.8. The molecule has 9 heteroatoms. The van der Waals surface area contributed by atoms with Crippen molar-refractivity contribution in [2.75, 3.05) is 0 Å². The maximum Gasteiger partial charge on any atom is 0.343 e. The highest BCUT2D eigenvalue weighted by atomic mass is 19.1. The minimum atomic E-state index is -1.91. The average Bonchev–Trinajstić information content (AvgIpc) is 3.18. The van der Waals surface area contributed by atoms with Gasteiger partial charge >= 0.3 is 5.97 Å². The van der Waals surface area contributed by atoms with E-state index in [1.165, 1.54) is 12.3 Å². The fourth-order valence-corrected chi connectivity index (χ4v) is 5.01. The first kappa shape index (κ1) is 20.9. The molecule has 0 amide bonds. The van der Waals surface area contributed by atoms with E-state index in [1.807, 2.05) is 0 Å². The Morgan fingerprint density at radius 1 is 1.29 bits per heavy atom. The Kier molecular flexibility index (Phi) is 4.23. The largest absolute Gasteiger partial charge is 0.484 e. The van der Waals surface area contributed by atoms with Crippen molar-refractivity contribution in [3.05, 3.63) is 56.8 Å². The van der Waals surface area contributed by atoms with Gasteiger partial charge in [-0.05, 0) is 38.0 Å². The van der Waals surface area contributed by atoms with Crippen LogP contribution in [0.1, 0.15) is 49.4 Å². The molecule has 0 spiro atoms. The average molecular weight is 464 g/mol. The molecule has 2 aromatic heterocycles. The lowest BCUT2D eigenvalue weighted by molar-refractivity contribution is -0.172. The van der Waals surface area contributed by atoms with Crippen molar-refractivity contribution in [1.29, 1.82) is 0 Å². The van der Waals surface area contributed by atoms with Crippen LogP contribution < -0.4 is 15.0 Å². The molecule has 1 aromatic carbocycles. The smallest absolute Gasteiger partial charge is 0.343 e. The van der Waals surface area contributed by atoms with Crippen LogP contribution >= 0.6 is 0 Å². The number of aromatic nitrogens is 2. The van der Waals surface area contributed by atoms with E-state index in [2.05, 4.69) is 0 Å². The number of esters is 1. The summed E-state index contributed by atoms with van der Waals surface area (Å²) in [5, 5.41) is 11.6. The number of nitrogens with zero attached hydrogens (tertiary/aromatic N) is 2. The second-order valence-electron chi connectivity index (χ2n) is 8.95. The second kappa shape index (κ2) is 6.89. The van der Waals surface area contributed by atoms with Crippen molar-refractivity contribution >= 4 is 22.9 Å². The van der Waals surface area contributed by atoms with Gasteiger partial charge in [-0.2, -0.15) is 0 Å². The predicted molar refractivity (Wildman–Crippen MR) is 120 cm³/mol. The van der Waals surface area contributed by atoms with Gasteiger partial charge in [-0.25, -0.2) is 14.2 Å². The summed E-state index contributed by atoms with van der Waals surface area (Å²) in [5.74, 6) is -1.12. The maximum atomic E-state index is 15.0. The van der Waals surface area contributed by atoms with Crippen LogP contribution in [0.5, 0.6) is 11.5 Å². The first-order valence-electron chi connectivity index (χ1n) is 11.1. The summed E-state index contributed by atoms with van der Waals surface area (Å²) >= 11 is 0. The number of pyridine rings is 2. The molecule has 0 unspecified atom stereocenters. The van der Waals surface area contributed by atoms with Gasteiger partial charge in [0.2, 0.25) is 0 Å². The van der Waals surface area contributed by atoms with Crippen LogP contribution in [-0.4, -0.2) is 26.7 Å². The van der Waals surface area contributed by atoms with E-state index in [0.717, 1.165) is 11.1 Å². The molecular weight excluding hydrogens is 443 g/mol. The normalized spacial score (nSPS) is 19.5. The summed E-state index contributed by atoms with van der Waals surface area (Å²) in [4.78, 5) is 30.5. The maximum absolute atomic E-state index is 15.0. The highest BCUT2D eigenvalue weighted by molar-refractivity contribution is 6.00. The molecule has 0 saturated carbocycles. The number of hydrogen-bond acceptors (Lipinski definition) is 7. The number of carbonyl (C=O) groups excluding carboxylic acids is 1. The lowest BCUT2D eigenvalue weighted by Crippen LogP contribution is -2.44. The van der Waals surface area contributed by atoms with Crippen molar-refractivity contribution in [3.63, 3.8) is 0 Å². The third-order valence-corrected chi connectivity index (χ3v) is 6.66. The number of benzene rings is 1. The number of aliphatic hydroxyl groups is 1. The van der Waals surface area contributed by atoms with Crippen molar-refractivity contribution in [2.24, 2.45) is 0 Å². The molecule has 34 heavy (non-hydrogen) atoms. The fraction of sp³-hybridized carbons (Fsp3) is 0.320. The van der Waals surface area contributed by atoms with Gasteiger partial charge in [0.25, 0.3) is 5.56 Å². The minimum Gasteiger partial charge on any atom is -0.484 e. The van der Waals surface area contributed by atoms with Crippen molar-refractivity contribution < 1.29 is 28.5 Å². The lowest BCUT2D eigenvalue weighted by atomic mass is 9.86. The van der Waals surface area contributed by atoms with Crippen LogP contribution in [0.3, 0.4) is 0 Å². The number of ether oxygens (including phenoxy) is 3. The van der Waals surface area contributed by atoms with E-state index in [0.29, 0.717) is 22.3 Å². The van der Waals surface area contributed by atoms with Gasteiger partial charge in [-0.3, -0.25) is 4.79 Å². The number of cyclic esters (lactones) is 1. The Balaban J connectivity index is 1.64. The molecule has 174 valence electrons. The summed E-state index contributed by atoms with van der Waals surface area (Å²) in [6.07, 6.45) is 3.01. The Morgan fingerprint density at radius 2 is 2.09 bits per heavy atom. The van der Waals surface area contributed by atoms with Crippen LogP contribution in [0.15, 0.2) is 23.2 Å². The number of hydrogen-bond donors (Lipinski definition) is 1. The van der Waals surface area contributed by atoms with E-state index in [9.17, 15) is 14.7 Å². The topological polar surface area (TPSA) is 99.9 Å². The highest BCUT2D eigenvalue weighted by Gasteiger charge is 2.45. The van der Waals surface area contributed by atoms with Crippen molar-refractivity contribution in [2.45, 2.75) is 52.0 Å². The molecule has 1 N–H and O–H groups in total. The van der Waals surface area contributed by atoms with Crippen molar-refractivity contribution in [1.82, 2.24) is 9.55 Å². The number of carbonyl (C=O) groups is 1. The molecule has 3 aliphatic heterocycles. The van der Waals surface area contributed by atoms with Gasteiger partial charge in [0, 0.05) is 17.2 Å². The summed E-state index contributed by atoms with van der Waals surface area (Å²) in [6.45, 7) is 5.28. The van der Waals surface area contributed by atoms with Gasteiger partial charge in [-0.1, -0.05) is 6.92 Å². The Morgan fingerprint density at radius 3 is 2.82 bits per heavy atom. The molecule has 3 aromatic rings. The van der Waals surface area contributed by atoms with Gasteiger partial charge in [0.05, 0.1) is 46.8 Å². The van der Waals surface area contributed by atoms with E-state index in [4.69, 9.17) is 19.2 Å². The van der Waals surface area contributed by atoms with Crippen LogP contribution in [-0.2, 0) is 28.3 Å². The lowest BCUT2D eigenvalue weighted by Gasteiger charge is -2.31. The quantitative estimate of drug-likeness (QED) is 0.464. The highest BCUT2D eigenvalue weighted by Crippen LogP contribution is 2.47. The van der Waals surface area contributed by atoms with E-state index in [-0.39, 0.29) is 53.9 Å². The van der Waals surface area contributed by atoms with E-state index >= 15 is 4.39 Å². The Labute approximate surface area is 193 Å². The Hall–Kier alpha value is -3.72. The summed E-state index contributed by atoms with van der Waals surface area (Å²) < 4.78 is 33.0. The van der Waals surface area contributed by atoms with Gasteiger partial charge in [0.1, 0.15) is 6.61 Å². The third-order valence-electron chi connectivity index (χ3n) is 6.66. The van der Waals surface area contributed by atoms with Gasteiger partial charge < -0.3 is 23.9 Å². The molecular formula is C25H21FN2O6. The van der Waals surface area contributed by atoms with Crippen molar-refractivity contribution in [3.8, 4) is 22.9 Å². The van der Waals surface area contributed by atoms with Crippen LogP contribution in [0.25, 0.3) is 28.4 Å². The zero-order chi connectivity index (χ0) is 23.9. The molecule has 6 rings (SSSR count). The first-order chi connectivity index (χ1) is 16.2. The second-order valence-corrected chi connectivity index (χ2v) is 8.95. The van der Waals surface area contributed by atoms with Crippen LogP contribution in [0.4, 0.5) is 4.39 Å². The summed E-state index contributed by atoms with van der Waals surface area (Å²) in [6, 6.07) is 2.93. The van der Waals surface area contributed by atoms with E-state index in [1.54, 1.807) is 37.5 Å². The summed E-state index contributed by atoms with van der Waals surface area (Å²) in [5.41, 5.74) is 1.05. The predicted octanol–water partition coefficient (Wildman–Crippen LogP) is 3.37. The van der Waals surface area contributed by atoms with Crippen LogP contribution in [0, 0.1) is 5.82 Å². The van der Waals surface area contributed by atoms with E-state index < -0.39 is 17.4 Å². The van der Waals surface area contributed by atoms with Gasteiger partial charge in [0.15, 0.2) is 22.9 Å². The molecule has 0 saturated heterocycles. The number of fused-ring (bicyclic) bond motifs is 5. The molecule has 0 aliphatic carbocycles. The Bertz CT molecular complexity index is 1520. The van der Waals surface area contributed by atoms with Crippen LogP contribution in [0.2, 0.25) is 0 Å². The molecule has 5 heterocycles. The first-order valence-corrected chi connectivity index (χ1v) is 11.1. The monoisotopic (exact) mass is 464 g/mol. The molecule has 3 aliphatic rings. The summed E-state index contributed by atoms with van der Waals surface area (Å²) in [7, 11) is 0. The molecule has 1 atom stereocenters. The molecule has 0 fully saturated rings. The minimum absolute atomic E-state index is 0.0154.